The van der Waals surface area contributed by atoms with Gasteiger partial charge in [0.2, 0.25) is 5.91 Å². The first-order valence-electron chi connectivity index (χ1n) is 8.56. The fourth-order valence-electron chi connectivity index (χ4n) is 2.07. The highest BCUT2D eigenvalue weighted by atomic mass is 19.4. The van der Waals surface area contributed by atoms with Crippen molar-refractivity contribution in [3.8, 4) is 5.75 Å². The van der Waals surface area contributed by atoms with Crippen LogP contribution < -0.4 is 15.8 Å². The second kappa shape index (κ2) is 14.6. The van der Waals surface area contributed by atoms with Gasteiger partial charge in [0.05, 0.1) is 0 Å². The van der Waals surface area contributed by atoms with Crippen LogP contribution in [-0.2, 0) is 11.3 Å². The molecule has 1 aromatic rings. The predicted octanol–water partition coefficient (Wildman–Crippen LogP) is 4.63. The van der Waals surface area contributed by atoms with Crippen LogP contribution in [0, 0.1) is 5.92 Å². The van der Waals surface area contributed by atoms with E-state index in [0.29, 0.717) is 12.0 Å². The number of nitrogens with two attached hydrogens (primary N) is 1. The zero-order chi connectivity index (χ0) is 19.9. The standard InChI is InChI=1S/C15H20F3NO2.C2H6.CH5N/c1-3-7-11(4-2)14(20)19-10-12-8-5-6-9-13(12)21-15(16,17)18;2*1-2/h5-6,8-9,11H,3-4,7,10H2,1-2H3,(H,19,20);1-2H3;2H2,1H3. The average Bonchev–Trinajstić information content (AvgIpc) is 2.60. The van der Waals surface area contributed by atoms with Gasteiger partial charge in [-0.15, -0.1) is 13.2 Å². The first kappa shape index (κ1) is 25.5. The Hall–Kier alpha value is -1.76. The molecule has 1 aromatic carbocycles. The minimum Gasteiger partial charge on any atom is -0.405 e. The van der Waals surface area contributed by atoms with Crippen LogP contribution in [0.15, 0.2) is 24.3 Å². The number of nitrogens with one attached hydrogen (secondary N) is 1. The average molecular weight is 364 g/mol. The molecule has 1 amide bonds. The smallest absolute Gasteiger partial charge is 0.405 e. The van der Waals surface area contributed by atoms with E-state index in [2.05, 4.69) is 15.8 Å². The van der Waals surface area contributed by atoms with E-state index in [1.54, 1.807) is 6.07 Å². The van der Waals surface area contributed by atoms with Crippen LogP contribution in [0.4, 0.5) is 13.2 Å². The van der Waals surface area contributed by atoms with Crippen molar-refractivity contribution in [3.05, 3.63) is 29.8 Å². The molecule has 3 N–H and O–H groups in total. The summed E-state index contributed by atoms with van der Waals surface area (Å²) >= 11 is 0. The van der Waals surface area contributed by atoms with Crippen LogP contribution in [-0.4, -0.2) is 19.3 Å². The highest BCUT2D eigenvalue weighted by Gasteiger charge is 2.32. The molecule has 1 unspecified atom stereocenters. The Morgan fingerprint density at radius 1 is 1.20 bits per heavy atom. The van der Waals surface area contributed by atoms with Crippen molar-refractivity contribution in [3.63, 3.8) is 0 Å². The number of benzene rings is 1. The zero-order valence-electron chi connectivity index (χ0n) is 15.7. The first-order chi connectivity index (χ1) is 11.9. The van der Waals surface area contributed by atoms with Crippen LogP contribution in [0.2, 0.25) is 0 Å². The van der Waals surface area contributed by atoms with Gasteiger partial charge in [0.15, 0.2) is 0 Å². The topological polar surface area (TPSA) is 64.3 Å². The maximum absolute atomic E-state index is 12.3. The minimum absolute atomic E-state index is 0.0191. The van der Waals surface area contributed by atoms with Gasteiger partial charge in [-0.1, -0.05) is 52.3 Å². The highest BCUT2D eigenvalue weighted by molar-refractivity contribution is 5.78. The van der Waals surface area contributed by atoms with Crippen LogP contribution in [0.5, 0.6) is 5.75 Å². The Bertz CT molecular complexity index is 466. The van der Waals surface area contributed by atoms with Gasteiger partial charge in [-0.2, -0.15) is 0 Å². The van der Waals surface area contributed by atoms with Gasteiger partial charge in [0.1, 0.15) is 5.75 Å². The van der Waals surface area contributed by atoms with Crippen molar-refractivity contribution in [1.29, 1.82) is 0 Å². The van der Waals surface area contributed by atoms with Gasteiger partial charge in [0, 0.05) is 18.0 Å². The maximum atomic E-state index is 12.3. The molecule has 0 saturated carbocycles. The van der Waals surface area contributed by atoms with Crippen molar-refractivity contribution in [2.45, 2.75) is 59.9 Å². The number of amides is 1. The van der Waals surface area contributed by atoms with Crippen molar-refractivity contribution < 1.29 is 22.7 Å². The molecule has 0 heterocycles. The monoisotopic (exact) mass is 364 g/mol. The van der Waals surface area contributed by atoms with E-state index in [-0.39, 0.29) is 24.1 Å². The number of hydrogen-bond donors (Lipinski definition) is 2. The molecule has 1 rings (SSSR count). The van der Waals surface area contributed by atoms with Gasteiger partial charge in [-0.25, -0.2) is 0 Å². The molecule has 4 nitrogen and oxygen atoms in total. The zero-order valence-corrected chi connectivity index (χ0v) is 15.7. The van der Waals surface area contributed by atoms with Crippen molar-refractivity contribution in [2.24, 2.45) is 11.7 Å². The van der Waals surface area contributed by atoms with E-state index < -0.39 is 6.36 Å². The fraction of sp³-hybridized carbons (Fsp3) is 0.611. The predicted molar refractivity (Wildman–Crippen MR) is 95.1 cm³/mol. The van der Waals surface area contributed by atoms with Crippen molar-refractivity contribution in [2.75, 3.05) is 7.05 Å². The molecule has 0 fully saturated rings. The number of para-hydroxylation sites is 1. The Labute approximate surface area is 148 Å². The van der Waals surface area contributed by atoms with E-state index >= 15 is 0 Å². The SMILES string of the molecule is CC.CCCC(CC)C(=O)NCc1ccccc1OC(F)(F)F.CN. The van der Waals surface area contributed by atoms with E-state index in [9.17, 15) is 18.0 Å². The number of alkyl halides is 3. The normalized spacial score (nSPS) is 11.2. The summed E-state index contributed by atoms with van der Waals surface area (Å²) in [6.07, 6.45) is -2.38. The molecule has 0 saturated heterocycles. The quantitative estimate of drug-likeness (QED) is 0.741. The van der Waals surface area contributed by atoms with Crippen LogP contribution in [0.25, 0.3) is 0 Å². The summed E-state index contributed by atoms with van der Waals surface area (Å²) in [6, 6.07) is 5.80. The third-order valence-electron chi connectivity index (χ3n) is 3.15. The third kappa shape index (κ3) is 11.4. The summed E-state index contributed by atoms with van der Waals surface area (Å²) in [4.78, 5) is 12.0. The highest BCUT2D eigenvalue weighted by Crippen LogP contribution is 2.26. The van der Waals surface area contributed by atoms with Crippen LogP contribution in [0.3, 0.4) is 0 Å². The Balaban J connectivity index is 0. The number of carbonyl (C=O) groups is 1. The molecule has 0 bridgehead atoms. The number of ether oxygens (including phenoxy) is 1. The van der Waals surface area contributed by atoms with Gasteiger partial charge in [-0.05, 0) is 26.0 Å². The lowest BCUT2D eigenvalue weighted by molar-refractivity contribution is -0.274. The van der Waals surface area contributed by atoms with Gasteiger partial charge < -0.3 is 15.8 Å². The molecule has 0 aliphatic heterocycles. The summed E-state index contributed by atoms with van der Waals surface area (Å²) in [5.41, 5.74) is 4.80. The molecule has 0 aromatic heterocycles. The van der Waals surface area contributed by atoms with E-state index in [4.69, 9.17) is 0 Å². The van der Waals surface area contributed by atoms with E-state index in [1.165, 1.54) is 25.2 Å². The molecule has 0 spiro atoms. The third-order valence-corrected chi connectivity index (χ3v) is 3.15. The molecule has 1 atom stereocenters. The summed E-state index contributed by atoms with van der Waals surface area (Å²) in [6.45, 7) is 7.92. The largest absolute Gasteiger partial charge is 0.573 e. The molecule has 146 valence electrons. The maximum Gasteiger partial charge on any atom is 0.573 e. The summed E-state index contributed by atoms with van der Waals surface area (Å²) in [5, 5.41) is 2.67. The van der Waals surface area contributed by atoms with E-state index in [1.807, 2.05) is 27.7 Å². The van der Waals surface area contributed by atoms with Gasteiger partial charge in [-0.3, -0.25) is 4.79 Å². The molecule has 25 heavy (non-hydrogen) atoms. The molecular formula is C18H31F3N2O2. The minimum atomic E-state index is -4.74. The Morgan fingerprint density at radius 3 is 2.24 bits per heavy atom. The summed E-state index contributed by atoms with van der Waals surface area (Å²) in [7, 11) is 1.50. The Kier molecular flexibility index (Phi) is 14.9. The Morgan fingerprint density at radius 2 is 1.76 bits per heavy atom. The lowest BCUT2D eigenvalue weighted by Crippen LogP contribution is -2.30. The van der Waals surface area contributed by atoms with Gasteiger partial charge in [0.25, 0.3) is 0 Å². The first-order valence-corrected chi connectivity index (χ1v) is 8.56. The fourth-order valence-corrected chi connectivity index (χ4v) is 2.07. The van der Waals surface area contributed by atoms with Crippen molar-refractivity contribution >= 4 is 5.91 Å². The van der Waals surface area contributed by atoms with Crippen molar-refractivity contribution in [1.82, 2.24) is 5.32 Å². The summed E-state index contributed by atoms with van der Waals surface area (Å²) in [5.74, 6) is -0.527. The molecular weight excluding hydrogens is 333 g/mol. The second-order valence-electron chi connectivity index (χ2n) is 4.77. The second-order valence-corrected chi connectivity index (χ2v) is 4.77. The molecule has 0 aliphatic rings. The lowest BCUT2D eigenvalue weighted by atomic mass is 10.00. The van der Waals surface area contributed by atoms with Crippen LogP contribution >= 0.6 is 0 Å². The number of rotatable bonds is 7. The molecule has 7 heteroatoms. The number of halogens is 3. The number of carbonyl (C=O) groups excluding carboxylic acids is 1. The summed E-state index contributed by atoms with van der Waals surface area (Å²) < 4.78 is 40.8. The lowest BCUT2D eigenvalue weighted by Gasteiger charge is -2.16. The van der Waals surface area contributed by atoms with E-state index in [0.717, 1.165) is 12.8 Å². The number of hydrogen-bond acceptors (Lipinski definition) is 3. The molecule has 0 aliphatic carbocycles. The van der Waals surface area contributed by atoms with Crippen LogP contribution in [0.1, 0.15) is 52.5 Å². The van der Waals surface area contributed by atoms with Gasteiger partial charge >= 0.3 is 6.36 Å². The molecule has 0 radical (unpaired) electrons.